The molecule has 0 atom stereocenters. The Kier molecular flexibility index (Phi) is 4.81. The number of hydrogen-bond donors (Lipinski definition) is 0. The van der Waals surface area contributed by atoms with Crippen LogP contribution >= 0.6 is 39.3 Å². The van der Waals surface area contributed by atoms with Crippen molar-refractivity contribution < 1.29 is 0 Å². The molecule has 0 heterocycles. The second kappa shape index (κ2) is 5.68. The highest BCUT2D eigenvalue weighted by Gasteiger charge is 1.94. The lowest BCUT2D eigenvalue weighted by Crippen LogP contribution is -1.69. The van der Waals surface area contributed by atoms with Crippen LogP contribution in [0.1, 0.15) is 0 Å². The van der Waals surface area contributed by atoms with Gasteiger partial charge in [-0.15, -0.1) is 11.6 Å². The molecule has 0 aliphatic heterocycles. The molecule has 0 N–H and O–H groups in total. The molecule has 0 saturated heterocycles. The van der Waals surface area contributed by atoms with E-state index < -0.39 is 0 Å². The first-order valence-electron chi connectivity index (χ1n) is 3.47. The highest BCUT2D eigenvalue weighted by atomic mass is 79.9. The molecule has 0 unspecified atom stereocenters. The smallest absolute Gasteiger partial charge is 0.0412 e. The van der Waals surface area contributed by atoms with Crippen LogP contribution in [0.15, 0.2) is 45.1 Å². The molecule has 0 bridgehead atoms. The number of alkyl halides is 1. The minimum atomic E-state index is 0.567. The van der Waals surface area contributed by atoms with E-state index in [2.05, 4.69) is 22.0 Å². The van der Waals surface area contributed by atoms with Crippen molar-refractivity contribution in [3.05, 3.63) is 40.2 Å². The van der Waals surface area contributed by atoms with E-state index in [0.717, 1.165) is 4.47 Å². The van der Waals surface area contributed by atoms with Crippen molar-refractivity contribution in [2.24, 2.45) is 0 Å². The molecule has 1 aromatic rings. The van der Waals surface area contributed by atoms with Crippen LogP contribution in [-0.2, 0) is 0 Å². The normalized spacial score (nSPS) is 10.8. The number of rotatable bonds is 3. The molecule has 64 valence electrons. The number of halogens is 2. The zero-order valence-electron chi connectivity index (χ0n) is 6.34. The van der Waals surface area contributed by atoms with E-state index in [-0.39, 0.29) is 0 Å². The number of allylic oxidation sites excluding steroid dienone is 1. The third-order valence-electron chi connectivity index (χ3n) is 1.22. The van der Waals surface area contributed by atoms with Crippen molar-refractivity contribution >= 4 is 39.3 Å². The van der Waals surface area contributed by atoms with Gasteiger partial charge in [0.2, 0.25) is 0 Å². The van der Waals surface area contributed by atoms with Crippen molar-refractivity contribution in [3.63, 3.8) is 0 Å². The topological polar surface area (TPSA) is 0 Å². The Labute approximate surface area is 90.1 Å². The standard InChI is InChI=1S/C9H8BrClS/c10-8-4-1-2-5-9(8)12-7-3-6-11/h1-5,7H,6H2. The summed E-state index contributed by atoms with van der Waals surface area (Å²) in [5.41, 5.74) is 0. The molecule has 0 aromatic heterocycles. The highest BCUT2D eigenvalue weighted by Crippen LogP contribution is 2.27. The number of thioether (sulfide) groups is 1. The Morgan fingerprint density at radius 3 is 2.83 bits per heavy atom. The van der Waals surface area contributed by atoms with Gasteiger partial charge in [-0.2, -0.15) is 0 Å². The Morgan fingerprint density at radius 1 is 1.42 bits per heavy atom. The fourth-order valence-electron chi connectivity index (χ4n) is 0.698. The van der Waals surface area contributed by atoms with E-state index in [9.17, 15) is 0 Å². The molecule has 0 amide bonds. The Morgan fingerprint density at radius 2 is 2.17 bits per heavy atom. The lowest BCUT2D eigenvalue weighted by atomic mass is 10.4. The number of benzene rings is 1. The Hall–Kier alpha value is 0.0800. The van der Waals surface area contributed by atoms with Crippen molar-refractivity contribution in [1.82, 2.24) is 0 Å². The van der Waals surface area contributed by atoms with Gasteiger partial charge in [-0.05, 0) is 33.5 Å². The van der Waals surface area contributed by atoms with Gasteiger partial charge >= 0.3 is 0 Å². The zero-order chi connectivity index (χ0) is 8.81. The monoisotopic (exact) mass is 262 g/mol. The van der Waals surface area contributed by atoms with Gasteiger partial charge in [0, 0.05) is 15.2 Å². The van der Waals surface area contributed by atoms with E-state index in [1.165, 1.54) is 4.90 Å². The van der Waals surface area contributed by atoms with Crippen molar-refractivity contribution in [2.75, 3.05) is 5.88 Å². The molecule has 1 rings (SSSR count). The average Bonchev–Trinajstić information content (AvgIpc) is 2.09. The molecule has 0 nitrogen and oxygen atoms in total. The first kappa shape index (κ1) is 10.2. The van der Waals surface area contributed by atoms with Gasteiger partial charge in [0.1, 0.15) is 0 Å². The van der Waals surface area contributed by atoms with E-state index in [1.807, 2.05) is 29.7 Å². The summed E-state index contributed by atoms with van der Waals surface area (Å²) in [7, 11) is 0. The summed E-state index contributed by atoms with van der Waals surface area (Å²) in [6.45, 7) is 0. The maximum atomic E-state index is 5.50. The van der Waals surface area contributed by atoms with Crippen molar-refractivity contribution in [1.29, 1.82) is 0 Å². The molecule has 3 heteroatoms. The van der Waals surface area contributed by atoms with Gasteiger partial charge in [0.15, 0.2) is 0 Å². The second-order valence-electron chi connectivity index (χ2n) is 2.07. The van der Waals surface area contributed by atoms with E-state index in [1.54, 1.807) is 11.8 Å². The first-order chi connectivity index (χ1) is 5.84. The molecule has 0 radical (unpaired) electrons. The Bertz CT molecular complexity index is 273. The van der Waals surface area contributed by atoms with Crippen LogP contribution in [0.2, 0.25) is 0 Å². The minimum Gasteiger partial charge on any atom is -0.122 e. The molecular weight excluding hydrogens is 256 g/mol. The van der Waals surface area contributed by atoms with E-state index >= 15 is 0 Å². The lowest BCUT2D eigenvalue weighted by molar-refractivity contribution is 1.41. The maximum Gasteiger partial charge on any atom is 0.0412 e. The molecule has 0 fully saturated rings. The van der Waals surface area contributed by atoms with Crippen LogP contribution in [0.5, 0.6) is 0 Å². The molecule has 0 spiro atoms. The summed E-state index contributed by atoms with van der Waals surface area (Å²) in [6, 6.07) is 8.10. The van der Waals surface area contributed by atoms with Crippen molar-refractivity contribution in [3.8, 4) is 0 Å². The van der Waals surface area contributed by atoms with Gasteiger partial charge < -0.3 is 0 Å². The van der Waals surface area contributed by atoms with Crippen LogP contribution in [0.3, 0.4) is 0 Å². The van der Waals surface area contributed by atoms with Gasteiger partial charge in [0.05, 0.1) is 0 Å². The third-order valence-corrected chi connectivity index (χ3v) is 3.29. The van der Waals surface area contributed by atoms with Crippen LogP contribution in [-0.4, -0.2) is 5.88 Å². The van der Waals surface area contributed by atoms with Crippen LogP contribution < -0.4 is 0 Å². The Balaban J connectivity index is 2.63. The predicted octanol–water partition coefficient (Wildman–Crippen LogP) is 4.29. The lowest BCUT2D eigenvalue weighted by Gasteiger charge is -1.97. The van der Waals surface area contributed by atoms with Gasteiger partial charge in [-0.1, -0.05) is 30.0 Å². The fourth-order valence-corrected chi connectivity index (χ4v) is 2.13. The summed E-state index contributed by atoms with van der Waals surface area (Å²) in [5, 5.41) is 1.99. The predicted molar refractivity (Wildman–Crippen MR) is 59.9 cm³/mol. The van der Waals surface area contributed by atoms with Crippen LogP contribution in [0.25, 0.3) is 0 Å². The summed E-state index contributed by atoms with van der Waals surface area (Å²) < 4.78 is 1.12. The quantitative estimate of drug-likeness (QED) is 0.579. The van der Waals surface area contributed by atoms with E-state index in [0.29, 0.717) is 5.88 Å². The summed E-state index contributed by atoms with van der Waals surface area (Å²) in [6.07, 6.45) is 1.92. The second-order valence-corrected chi connectivity index (χ2v) is 4.18. The third kappa shape index (κ3) is 3.21. The van der Waals surface area contributed by atoms with E-state index in [4.69, 9.17) is 11.6 Å². The minimum absolute atomic E-state index is 0.567. The fraction of sp³-hybridized carbons (Fsp3) is 0.111. The van der Waals surface area contributed by atoms with Gasteiger partial charge in [-0.25, -0.2) is 0 Å². The molecule has 0 aliphatic rings. The van der Waals surface area contributed by atoms with Crippen molar-refractivity contribution in [2.45, 2.75) is 4.90 Å². The molecule has 12 heavy (non-hydrogen) atoms. The zero-order valence-corrected chi connectivity index (χ0v) is 9.49. The van der Waals surface area contributed by atoms with Crippen LogP contribution in [0.4, 0.5) is 0 Å². The molecule has 1 aromatic carbocycles. The summed E-state index contributed by atoms with van der Waals surface area (Å²) >= 11 is 10.6. The highest BCUT2D eigenvalue weighted by molar-refractivity contribution is 9.10. The number of hydrogen-bond acceptors (Lipinski definition) is 1. The average molecular weight is 264 g/mol. The molecule has 0 aliphatic carbocycles. The molecular formula is C9H8BrClS. The van der Waals surface area contributed by atoms with Gasteiger partial charge in [0.25, 0.3) is 0 Å². The molecule has 0 saturated carbocycles. The SMILES string of the molecule is ClCC=CSc1ccccc1Br. The van der Waals surface area contributed by atoms with Gasteiger partial charge in [-0.3, -0.25) is 0 Å². The maximum absolute atomic E-state index is 5.50. The largest absolute Gasteiger partial charge is 0.122 e. The van der Waals surface area contributed by atoms with Crippen LogP contribution in [0, 0.1) is 0 Å². The first-order valence-corrected chi connectivity index (χ1v) is 5.67. The summed E-state index contributed by atoms with van der Waals surface area (Å²) in [5.74, 6) is 0.567. The summed E-state index contributed by atoms with van der Waals surface area (Å²) in [4.78, 5) is 1.21.